The number of halogens is 5. The van der Waals surface area contributed by atoms with E-state index >= 15 is 0 Å². The fourth-order valence-electron chi connectivity index (χ4n) is 2.88. The van der Waals surface area contributed by atoms with Crippen molar-refractivity contribution in [3.8, 4) is 5.75 Å². The summed E-state index contributed by atoms with van der Waals surface area (Å²) < 4.78 is 46.7. The SMILES string of the molecule is CC1=NN(c2cccc(C(F)(F)F)c2)C(=O)/C1=C\c1cc(Br)cc(I)c1OC(C)C. The number of hydrogen-bond donors (Lipinski definition) is 0. The predicted molar refractivity (Wildman–Crippen MR) is 123 cm³/mol. The highest BCUT2D eigenvalue weighted by atomic mass is 127. The average Bonchev–Trinajstić information content (AvgIpc) is 2.92. The highest BCUT2D eigenvalue weighted by Gasteiger charge is 2.33. The van der Waals surface area contributed by atoms with Gasteiger partial charge in [-0.15, -0.1) is 0 Å². The van der Waals surface area contributed by atoms with Crippen molar-refractivity contribution in [1.29, 1.82) is 0 Å². The lowest BCUT2D eigenvalue weighted by molar-refractivity contribution is -0.137. The number of benzene rings is 2. The van der Waals surface area contributed by atoms with Crippen LogP contribution in [-0.2, 0) is 11.0 Å². The smallest absolute Gasteiger partial charge is 0.416 e. The molecule has 1 heterocycles. The van der Waals surface area contributed by atoms with E-state index in [2.05, 4.69) is 43.6 Å². The van der Waals surface area contributed by atoms with Gasteiger partial charge >= 0.3 is 6.18 Å². The van der Waals surface area contributed by atoms with Gasteiger partial charge in [0, 0.05) is 10.0 Å². The molecule has 0 aromatic heterocycles. The van der Waals surface area contributed by atoms with Crippen LogP contribution in [0.25, 0.3) is 6.08 Å². The van der Waals surface area contributed by atoms with Crippen LogP contribution in [0.2, 0.25) is 0 Å². The topological polar surface area (TPSA) is 41.9 Å². The molecule has 0 unspecified atom stereocenters. The first-order valence-corrected chi connectivity index (χ1v) is 10.8. The Balaban J connectivity index is 2.02. The van der Waals surface area contributed by atoms with E-state index in [0.717, 1.165) is 25.2 Å². The Hall–Kier alpha value is -1.88. The first kappa shape index (κ1) is 22.8. The van der Waals surface area contributed by atoms with Gasteiger partial charge in [-0.25, -0.2) is 0 Å². The standard InChI is InChI=1S/C21H17BrF3IN2O2/c1-11(2)30-19-13(7-15(22)10-18(19)26)8-17-12(3)27-28(20(17)29)16-6-4-5-14(9-16)21(23,24)25/h4-11H,1-3H3/b17-8-. The number of ether oxygens (including phenoxy) is 1. The van der Waals surface area contributed by atoms with Crippen LogP contribution in [0.15, 0.2) is 51.5 Å². The third kappa shape index (κ3) is 4.88. The Kier molecular flexibility index (Phi) is 6.61. The third-order valence-corrected chi connectivity index (χ3v) is 5.43. The van der Waals surface area contributed by atoms with Gasteiger partial charge in [-0.2, -0.15) is 23.3 Å². The van der Waals surface area contributed by atoms with Gasteiger partial charge in [0.25, 0.3) is 5.91 Å². The minimum absolute atomic E-state index is 0.0556. The molecule has 1 aliphatic rings. The van der Waals surface area contributed by atoms with Gasteiger partial charge in [0.1, 0.15) is 5.75 Å². The third-order valence-electron chi connectivity index (χ3n) is 4.17. The molecule has 0 atom stereocenters. The molecule has 0 spiro atoms. The monoisotopic (exact) mass is 592 g/mol. The molecule has 0 radical (unpaired) electrons. The van der Waals surface area contributed by atoms with Crippen LogP contribution in [-0.4, -0.2) is 17.7 Å². The number of carbonyl (C=O) groups is 1. The van der Waals surface area contributed by atoms with Crippen molar-refractivity contribution >= 4 is 61.9 Å². The highest BCUT2D eigenvalue weighted by molar-refractivity contribution is 14.1. The maximum Gasteiger partial charge on any atom is 0.416 e. The summed E-state index contributed by atoms with van der Waals surface area (Å²) in [6.07, 6.45) is -2.93. The number of anilines is 1. The normalized spacial score (nSPS) is 15.9. The number of nitrogens with zero attached hydrogens (tertiary/aromatic N) is 2. The number of hydrazone groups is 1. The van der Waals surface area contributed by atoms with Crippen molar-refractivity contribution in [2.24, 2.45) is 5.10 Å². The maximum atomic E-state index is 13.0. The first-order chi connectivity index (χ1) is 14.0. The summed E-state index contributed by atoms with van der Waals surface area (Å²) in [4.78, 5) is 13.0. The average molecular weight is 593 g/mol. The van der Waals surface area contributed by atoms with Gasteiger partial charge < -0.3 is 4.74 Å². The van der Waals surface area contributed by atoms with Crippen LogP contribution in [0.5, 0.6) is 5.75 Å². The molecule has 0 aliphatic carbocycles. The Bertz CT molecular complexity index is 1060. The zero-order chi connectivity index (χ0) is 22.2. The number of amides is 1. The fourth-order valence-corrected chi connectivity index (χ4v) is 4.55. The van der Waals surface area contributed by atoms with E-state index in [-0.39, 0.29) is 17.4 Å². The molecule has 0 saturated carbocycles. The van der Waals surface area contributed by atoms with Crippen molar-refractivity contribution in [1.82, 2.24) is 0 Å². The number of rotatable bonds is 4. The zero-order valence-corrected chi connectivity index (χ0v) is 20.0. The lowest BCUT2D eigenvalue weighted by Crippen LogP contribution is -2.22. The molecule has 0 fully saturated rings. The Morgan fingerprint density at radius 2 is 1.93 bits per heavy atom. The van der Waals surface area contributed by atoms with Crippen molar-refractivity contribution in [2.75, 3.05) is 5.01 Å². The molecule has 0 N–H and O–H groups in total. The summed E-state index contributed by atoms with van der Waals surface area (Å²) in [5.41, 5.74) is 0.580. The maximum absolute atomic E-state index is 13.0. The van der Waals surface area contributed by atoms with Gasteiger partial charge in [-0.1, -0.05) is 22.0 Å². The quantitative estimate of drug-likeness (QED) is 0.294. The van der Waals surface area contributed by atoms with Gasteiger partial charge in [-0.05, 0) is 79.8 Å². The van der Waals surface area contributed by atoms with Gasteiger partial charge in [-0.3, -0.25) is 4.79 Å². The van der Waals surface area contributed by atoms with Crippen molar-refractivity contribution in [2.45, 2.75) is 33.1 Å². The molecule has 3 rings (SSSR count). The van der Waals surface area contributed by atoms with Crippen molar-refractivity contribution in [3.63, 3.8) is 0 Å². The van der Waals surface area contributed by atoms with E-state index in [0.29, 0.717) is 17.0 Å². The second-order valence-corrected chi connectivity index (χ2v) is 8.96. The summed E-state index contributed by atoms with van der Waals surface area (Å²) in [6, 6.07) is 8.25. The molecule has 2 aromatic carbocycles. The molecule has 1 aliphatic heterocycles. The van der Waals surface area contributed by atoms with E-state index in [1.165, 1.54) is 12.1 Å². The van der Waals surface area contributed by atoms with Crippen LogP contribution in [0.1, 0.15) is 31.9 Å². The van der Waals surface area contributed by atoms with E-state index in [1.54, 1.807) is 13.0 Å². The van der Waals surface area contributed by atoms with Crippen LogP contribution in [0.4, 0.5) is 18.9 Å². The van der Waals surface area contributed by atoms with Crippen LogP contribution in [0, 0.1) is 3.57 Å². The second-order valence-electron chi connectivity index (χ2n) is 6.88. The van der Waals surface area contributed by atoms with Crippen LogP contribution < -0.4 is 9.75 Å². The number of hydrogen-bond acceptors (Lipinski definition) is 3. The molecule has 0 bridgehead atoms. The second kappa shape index (κ2) is 8.70. The largest absolute Gasteiger partial charge is 0.489 e. The number of carbonyl (C=O) groups excluding carboxylic acids is 1. The summed E-state index contributed by atoms with van der Waals surface area (Å²) in [5.74, 6) is 0.122. The Morgan fingerprint density at radius 1 is 1.23 bits per heavy atom. The molecule has 158 valence electrons. The molecule has 1 amide bonds. The lowest BCUT2D eigenvalue weighted by Gasteiger charge is -2.16. The fraction of sp³-hybridized carbons (Fsp3) is 0.238. The summed E-state index contributed by atoms with van der Waals surface area (Å²) in [7, 11) is 0. The van der Waals surface area contributed by atoms with Crippen molar-refractivity contribution in [3.05, 3.63) is 61.1 Å². The van der Waals surface area contributed by atoms with E-state index < -0.39 is 17.6 Å². The van der Waals surface area contributed by atoms with Crippen molar-refractivity contribution < 1.29 is 22.7 Å². The minimum atomic E-state index is -4.51. The minimum Gasteiger partial charge on any atom is -0.489 e. The molecule has 9 heteroatoms. The predicted octanol–water partition coefficient (Wildman–Crippen LogP) is 6.67. The summed E-state index contributed by atoms with van der Waals surface area (Å²) >= 11 is 5.60. The molecule has 4 nitrogen and oxygen atoms in total. The lowest BCUT2D eigenvalue weighted by atomic mass is 10.1. The van der Waals surface area contributed by atoms with Crippen LogP contribution in [0.3, 0.4) is 0 Å². The van der Waals surface area contributed by atoms with E-state index in [9.17, 15) is 18.0 Å². The van der Waals surface area contributed by atoms with Crippen LogP contribution >= 0.6 is 38.5 Å². The molecule has 0 saturated heterocycles. The van der Waals surface area contributed by atoms with Gasteiger partial charge in [0.15, 0.2) is 0 Å². The summed E-state index contributed by atoms with van der Waals surface area (Å²) in [5, 5.41) is 5.17. The molecule has 2 aromatic rings. The van der Waals surface area contributed by atoms with Gasteiger partial charge in [0.05, 0.1) is 32.2 Å². The first-order valence-electron chi connectivity index (χ1n) is 8.92. The Labute approximate surface area is 194 Å². The van der Waals surface area contributed by atoms with E-state index in [1.807, 2.05) is 26.0 Å². The van der Waals surface area contributed by atoms with E-state index in [4.69, 9.17) is 4.74 Å². The number of alkyl halides is 3. The molecular formula is C21H17BrF3IN2O2. The Morgan fingerprint density at radius 3 is 2.57 bits per heavy atom. The zero-order valence-electron chi connectivity index (χ0n) is 16.2. The summed E-state index contributed by atoms with van der Waals surface area (Å²) in [6.45, 7) is 5.44. The molecular weight excluding hydrogens is 576 g/mol. The highest BCUT2D eigenvalue weighted by Crippen LogP contribution is 2.35. The molecule has 30 heavy (non-hydrogen) atoms. The van der Waals surface area contributed by atoms with Gasteiger partial charge in [0.2, 0.25) is 0 Å².